The molecule has 0 heterocycles. The lowest BCUT2D eigenvalue weighted by atomic mass is 10.1. The molecule has 0 saturated carbocycles. The summed E-state index contributed by atoms with van der Waals surface area (Å²) in [6, 6.07) is 1.87. The van der Waals surface area contributed by atoms with Gasteiger partial charge in [-0.1, -0.05) is 6.07 Å². The molecule has 0 unspecified atom stereocenters. The highest BCUT2D eigenvalue weighted by atomic mass is 19.1. The molecule has 4 heteroatoms. The molecule has 0 radical (unpaired) electrons. The van der Waals surface area contributed by atoms with Gasteiger partial charge in [-0.2, -0.15) is 0 Å². The second kappa shape index (κ2) is 3.58. The molecule has 0 aliphatic heterocycles. The summed E-state index contributed by atoms with van der Waals surface area (Å²) >= 11 is 0. The fourth-order valence-electron chi connectivity index (χ4n) is 0.885. The minimum Gasteiger partial charge on any atom is -0.322 e. The average Bonchev–Trinajstić information content (AvgIpc) is 2.03. The van der Waals surface area contributed by atoms with Crippen molar-refractivity contribution < 1.29 is 13.2 Å². The molecule has 2 N–H and O–H groups in total. The maximum Gasteiger partial charge on any atom is 0.130 e. The molecule has 0 amide bonds. The van der Waals surface area contributed by atoms with Gasteiger partial charge in [0.1, 0.15) is 18.3 Å². The minimum atomic E-state index is -1.01. The predicted molar refractivity (Wildman–Crippen MR) is 39.3 cm³/mol. The van der Waals surface area contributed by atoms with Gasteiger partial charge in [-0.3, -0.25) is 0 Å². The van der Waals surface area contributed by atoms with Crippen LogP contribution in [0.25, 0.3) is 0 Å². The molecule has 0 aromatic heterocycles. The van der Waals surface area contributed by atoms with Crippen molar-refractivity contribution in [2.45, 2.75) is 6.04 Å². The first-order valence-corrected chi connectivity index (χ1v) is 3.41. The maximum absolute atomic E-state index is 12.8. The Bertz CT molecular complexity index is 275. The van der Waals surface area contributed by atoms with Crippen LogP contribution in [0.3, 0.4) is 0 Å². The Labute approximate surface area is 68.0 Å². The number of rotatable bonds is 2. The van der Waals surface area contributed by atoms with Crippen molar-refractivity contribution in [2.75, 3.05) is 6.67 Å². The lowest BCUT2D eigenvalue weighted by Crippen LogP contribution is -2.13. The molecule has 0 aliphatic rings. The molecule has 1 aromatic rings. The van der Waals surface area contributed by atoms with Crippen molar-refractivity contribution in [1.29, 1.82) is 0 Å². The van der Waals surface area contributed by atoms with E-state index in [4.69, 9.17) is 5.73 Å². The van der Waals surface area contributed by atoms with Crippen LogP contribution in [0.1, 0.15) is 11.6 Å². The molecule has 0 aliphatic carbocycles. The summed E-state index contributed by atoms with van der Waals surface area (Å²) in [6.07, 6.45) is 0. The zero-order chi connectivity index (χ0) is 9.14. The fourth-order valence-corrected chi connectivity index (χ4v) is 0.885. The second-order valence-electron chi connectivity index (χ2n) is 2.43. The van der Waals surface area contributed by atoms with E-state index < -0.39 is 24.4 Å². The molecule has 1 nitrogen and oxygen atoms in total. The van der Waals surface area contributed by atoms with E-state index in [1.165, 1.54) is 0 Å². The Morgan fingerprint density at radius 3 is 2.50 bits per heavy atom. The van der Waals surface area contributed by atoms with E-state index in [1.807, 2.05) is 0 Å². The molecule has 1 atom stereocenters. The number of hydrogen-bond acceptors (Lipinski definition) is 1. The van der Waals surface area contributed by atoms with Gasteiger partial charge in [0, 0.05) is 11.6 Å². The summed E-state index contributed by atoms with van der Waals surface area (Å²) < 4.78 is 37.1. The summed E-state index contributed by atoms with van der Waals surface area (Å²) in [5.74, 6) is -1.50. The third-order valence-corrected chi connectivity index (χ3v) is 1.53. The Hall–Kier alpha value is -1.03. The third-order valence-electron chi connectivity index (χ3n) is 1.53. The Balaban J connectivity index is 3.01. The molecule has 66 valence electrons. The van der Waals surface area contributed by atoms with E-state index in [-0.39, 0.29) is 5.56 Å². The van der Waals surface area contributed by atoms with E-state index in [2.05, 4.69) is 0 Å². The van der Waals surface area contributed by atoms with Gasteiger partial charge in [-0.05, 0) is 6.07 Å². The quantitative estimate of drug-likeness (QED) is 0.730. The molecule has 1 aromatic carbocycles. The van der Waals surface area contributed by atoms with Gasteiger partial charge < -0.3 is 5.73 Å². The van der Waals surface area contributed by atoms with Gasteiger partial charge in [0.2, 0.25) is 0 Å². The summed E-state index contributed by atoms with van der Waals surface area (Å²) in [5.41, 5.74) is 5.21. The lowest BCUT2D eigenvalue weighted by molar-refractivity contribution is 0.425. The Morgan fingerprint density at radius 2 is 2.00 bits per heavy atom. The molecule has 0 fully saturated rings. The molecule has 0 saturated heterocycles. The highest BCUT2D eigenvalue weighted by Crippen LogP contribution is 2.16. The summed E-state index contributed by atoms with van der Waals surface area (Å²) in [4.78, 5) is 0. The van der Waals surface area contributed by atoms with Gasteiger partial charge in [0.25, 0.3) is 0 Å². The molecular formula is C8H8F3N. The van der Waals surface area contributed by atoms with E-state index in [0.717, 1.165) is 12.1 Å². The summed E-state index contributed by atoms with van der Waals surface area (Å²) in [5, 5.41) is 0. The van der Waals surface area contributed by atoms with E-state index in [0.29, 0.717) is 6.07 Å². The van der Waals surface area contributed by atoms with Crippen LogP contribution in [0.5, 0.6) is 0 Å². The number of halogens is 3. The average molecular weight is 175 g/mol. The van der Waals surface area contributed by atoms with Crippen molar-refractivity contribution in [3.8, 4) is 0 Å². The monoisotopic (exact) mass is 175 g/mol. The SMILES string of the molecule is N[C@H](CF)c1ccc(F)cc1F. The van der Waals surface area contributed by atoms with E-state index >= 15 is 0 Å². The molecule has 0 spiro atoms. The maximum atomic E-state index is 12.8. The number of benzene rings is 1. The van der Waals surface area contributed by atoms with Crippen molar-refractivity contribution in [3.05, 3.63) is 35.4 Å². The van der Waals surface area contributed by atoms with Crippen LogP contribution in [0, 0.1) is 11.6 Å². The van der Waals surface area contributed by atoms with Crippen molar-refractivity contribution in [1.82, 2.24) is 0 Å². The fraction of sp³-hybridized carbons (Fsp3) is 0.250. The van der Waals surface area contributed by atoms with Crippen LogP contribution in [0.4, 0.5) is 13.2 Å². The van der Waals surface area contributed by atoms with Crippen LogP contribution in [0.2, 0.25) is 0 Å². The van der Waals surface area contributed by atoms with Gasteiger partial charge in [-0.15, -0.1) is 0 Å². The zero-order valence-corrected chi connectivity index (χ0v) is 6.23. The summed E-state index contributed by atoms with van der Waals surface area (Å²) in [6.45, 7) is -0.859. The molecule has 12 heavy (non-hydrogen) atoms. The standard InChI is InChI=1S/C8H8F3N/c9-4-8(12)6-2-1-5(10)3-7(6)11/h1-3,8H,4,12H2/t8-/m1/s1. The Morgan fingerprint density at radius 1 is 1.33 bits per heavy atom. The van der Waals surface area contributed by atoms with Crippen LogP contribution >= 0.6 is 0 Å². The second-order valence-corrected chi connectivity index (χ2v) is 2.43. The normalized spacial score (nSPS) is 13.0. The first kappa shape index (κ1) is 9.06. The van der Waals surface area contributed by atoms with E-state index in [9.17, 15) is 13.2 Å². The van der Waals surface area contributed by atoms with Gasteiger partial charge in [0.15, 0.2) is 0 Å². The number of nitrogens with two attached hydrogens (primary N) is 1. The first-order chi connectivity index (χ1) is 5.65. The highest BCUT2D eigenvalue weighted by molar-refractivity contribution is 5.21. The zero-order valence-electron chi connectivity index (χ0n) is 6.23. The number of hydrogen-bond donors (Lipinski definition) is 1. The summed E-state index contributed by atoms with van der Waals surface area (Å²) in [7, 11) is 0. The minimum absolute atomic E-state index is 0.00102. The largest absolute Gasteiger partial charge is 0.322 e. The Kier molecular flexibility index (Phi) is 2.70. The molecule has 0 bridgehead atoms. The van der Waals surface area contributed by atoms with Crippen LogP contribution in [-0.2, 0) is 0 Å². The molecular weight excluding hydrogens is 167 g/mol. The van der Waals surface area contributed by atoms with Crippen molar-refractivity contribution >= 4 is 0 Å². The van der Waals surface area contributed by atoms with Crippen molar-refractivity contribution in [3.63, 3.8) is 0 Å². The van der Waals surface area contributed by atoms with Crippen molar-refractivity contribution in [2.24, 2.45) is 5.73 Å². The van der Waals surface area contributed by atoms with Crippen LogP contribution < -0.4 is 5.73 Å². The number of alkyl halides is 1. The highest BCUT2D eigenvalue weighted by Gasteiger charge is 2.10. The van der Waals surface area contributed by atoms with Gasteiger partial charge in [0.05, 0.1) is 6.04 Å². The third kappa shape index (κ3) is 1.76. The topological polar surface area (TPSA) is 26.0 Å². The predicted octanol–water partition coefficient (Wildman–Crippen LogP) is 1.93. The van der Waals surface area contributed by atoms with Crippen LogP contribution in [0.15, 0.2) is 18.2 Å². The smallest absolute Gasteiger partial charge is 0.130 e. The molecule has 1 rings (SSSR count). The van der Waals surface area contributed by atoms with Gasteiger partial charge >= 0.3 is 0 Å². The lowest BCUT2D eigenvalue weighted by Gasteiger charge is -2.07. The van der Waals surface area contributed by atoms with Crippen LogP contribution in [-0.4, -0.2) is 6.67 Å². The van der Waals surface area contributed by atoms with E-state index in [1.54, 1.807) is 0 Å². The first-order valence-electron chi connectivity index (χ1n) is 3.41. The van der Waals surface area contributed by atoms with Gasteiger partial charge in [-0.25, -0.2) is 13.2 Å².